The van der Waals surface area contributed by atoms with E-state index in [4.69, 9.17) is 0 Å². The molecule has 1 aliphatic heterocycles. The zero-order valence-corrected chi connectivity index (χ0v) is 13.4. The number of carbonyl (C=O) groups is 1. The number of hydrogen-bond acceptors (Lipinski definition) is 5. The summed E-state index contributed by atoms with van der Waals surface area (Å²) in [5.74, 6) is 1.85. The molecule has 1 amide bonds. The number of rotatable bonds is 4. The molecule has 2 aromatic rings. The largest absolute Gasteiger partial charge is 0.355 e. The molecular weight excluding hydrogens is 292 g/mol. The van der Waals surface area contributed by atoms with Crippen molar-refractivity contribution in [2.75, 3.05) is 18.0 Å². The molecule has 1 N–H and O–H groups in total. The van der Waals surface area contributed by atoms with Crippen LogP contribution in [0.3, 0.4) is 0 Å². The predicted octanol–water partition coefficient (Wildman–Crippen LogP) is 0.994. The minimum Gasteiger partial charge on any atom is -0.355 e. The Labute approximate surface area is 134 Å². The van der Waals surface area contributed by atoms with Crippen LogP contribution in [-0.2, 0) is 4.79 Å². The number of anilines is 1. The van der Waals surface area contributed by atoms with Gasteiger partial charge in [-0.3, -0.25) is 4.79 Å². The van der Waals surface area contributed by atoms with E-state index in [2.05, 4.69) is 25.3 Å². The van der Waals surface area contributed by atoms with Crippen LogP contribution >= 0.6 is 0 Å². The molecule has 0 unspecified atom stereocenters. The summed E-state index contributed by atoms with van der Waals surface area (Å²) in [6.45, 7) is 5.39. The average Bonchev–Trinajstić information content (AvgIpc) is 3.20. The van der Waals surface area contributed by atoms with Gasteiger partial charge in [-0.2, -0.15) is 5.10 Å². The number of aromatic nitrogens is 4. The highest BCUT2D eigenvalue weighted by Gasteiger charge is 2.36. The SMILES string of the molecule is Cc1cc(C)n(-c2cc(N3CC(C(=O)NC4CC4)C3)ncn2)n1. The summed E-state index contributed by atoms with van der Waals surface area (Å²) in [7, 11) is 0. The molecule has 0 spiro atoms. The summed E-state index contributed by atoms with van der Waals surface area (Å²) in [4.78, 5) is 22.8. The molecule has 23 heavy (non-hydrogen) atoms. The summed E-state index contributed by atoms with van der Waals surface area (Å²) >= 11 is 0. The summed E-state index contributed by atoms with van der Waals surface area (Å²) in [5, 5.41) is 7.51. The number of carbonyl (C=O) groups excluding carboxylic acids is 1. The van der Waals surface area contributed by atoms with Gasteiger partial charge in [0, 0.05) is 30.9 Å². The van der Waals surface area contributed by atoms with Gasteiger partial charge in [0.25, 0.3) is 0 Å². The molecule has 2 fully saturated rings. The van der Waals surface area contributed by atoms with Gasteiger partial charge in [-0.1, -0.05) is 0 Å². The Kier molecular flexibility index (Phi) is 3.28. The quantitative estimate of drug-likeness (QED) is 0.911. The molecule has 0 aromatic carbocycles. The summed E-state index contributed by atoms with van der Waals surface area (Å²) < 4.78 is 1.82. The van der Waals surface area contributed by atoms with Gasteiger partial charge < -0.3 is 10.2 Å². The molecule has 120 valence electrons. The van der Waals surface area contributed by atoms with Gasteiger partial charge in [0.1, 0.15) is 12.1 Å². The van der Waals surface area contributed by atoms with Crippen LogP contribution in [0, 0.1) is 19.8 Å². The van der Waals surface area contributed by atoms with Crippen LogP contribution in [0.1, 0.15) is 24.2 Å². The standard InChI is InChI=1S/C16H20N6O/c1-10-5-11(2)22(20-10)15-6-14(17-9-18-15)21-7-12(8-21)16(23)19-13-3-4-13/h5-6,9,12-13H,3-4,7-8H2,1-2H3,(H,19,23). The highest BCUT2D eigenvalue weighted by atomic mass is 16.2. The Morgan fingerprint density at radius 3 is 2.57 bits per heavy atom. The molecule has 1 saturated carbocycles. The van der Waals surface area contributed by atoms with Gasteiger partial charge in [-0.25, -0.2) is 14.6 Å². The number of hydrogen-bond donors (Lipinski definition) is 1. The van der Waals surface area contributed by atoms with E-state index in [1.165, 1.54) is 0 Å². The summed E-state index contributed by atoms with van der Waals surface area (Å²) in [5.41, 5.74) is 2.00. The number of nitrogens with zero attached hydrogens (tertiary/aromatic N) is 5. The Morgan fingerprint density at radius 1 is 1.17 bits per heavy atom. The summed E-state index contributed by atoms with van der Waals surface area (Å²) in [6.07, 6.45) is 3.80. The van der Waals surface area contributed by atoms with E-state index in [0.29, 0.717) is 19.1 Å². The molecular formula is C16H20N6O. The van der Waals surface area contributed by atoms with Crippen molar-refractivity contribution in [2.24, 2.45) is 5.92 Å². The van der Waals surface area contributed by atoms with Crippen LogP contribution in [0.25, 0.3) is 5.82 Å². The molecule has 0 atom stereocenters. The fourth-order valence-corrected chi connectivity index (χ4v) is 2.86. The van der Waals surface area contributed by atoms with E-state index >= 15 is 0 Å². The van der Waals surface area contributed by atoms with Gasteiger partial charge in [-0.15, -0.1) is 0 Å². The zero-order chi connectivity index (χ0) is 16.0. The van der Waals surface area contributed by atoms with Crippen molar-refractivity contribution in [1.82, 2.24) is 25.1 Å². The maximum absolute atomic E-state index is 12.0. The molecule has 0 radical (unpaired) electrons. The Morgan fingerprint density at radius 2 is 1.91 bits per heavy atom. The molecule has 1 aliphatic carbocycles. The van der Waals surface area contributed by atoms with Gasteiger partial charge >= 0.3 is 0 Å². The van der Waals surface area contributed by atoms with Crippen molar-refractivity contribution in [2.45, 2.75) is 32.7 Å². The topological polar surface area (TPSA) is 75.9 Å². The van der Waals surface area contributed by atoms with Crippen molar-refractivity contribution in [3.05, 3.63) is 29.8 Å². The van der Waals surface area contributed by atoms with E-state index in [-0.39, 0.29) is 11.8 Å². The average molecular weight is 312 g/mol. The van der Waals surface area contributed by atoms with Crippen molar-refractivity contribution >= 4 is 11.7 Å². The van der Waals surface area contributed by atoms with Gasteiger partial charge in [0.2, 0.25) is 5.91 Å². The molecule has 2 aliphatic rings. The lowest BCUT2D eigenvalue weighted by Crippen LogP contribution is -2.54. The second-order valence-corrected chi connectivity index (χ2v) is 6.46. The maximum atomic E-state index is 12.0. The second kappa shape index (κ2) is 5.33. The molecule has 3 heterocycles. The van der Waals surface area contributed by atoms with Crippen LogP contribution in [0.4, 0.5) is 5.82 Å². The van der Waals surface area contributed by atoms with Gasteiger partial charge in [0.05, 0.1) is 11.6 Å². The normalized spacial score (nSPS) is 17.9. The predicted molar refractivity (Wildman–Crippen MR) is 85.5 cm³/mol. The first kappa shape index (κ1) is 14.2. The smallest absolute Gasteiger partial charge is 0.226 e. The molecule has 7 heteroatoms. The molecule has 1 saturated heterocycles. The van der Waals surface area contributed by atoms with Crippen molar-refractivity contribution < 1.29 is 4.79 Å². The monoisotopic (exact) mass is 312 g/mol. The lowest BCUT2D eigenvalue weighted by Gasteiger charge is -2.39. The second-order valence-electron chi connectivity index (χ2n) is 6.46. The first-order chi connectivity index (χ1) is 11.1. The zero-order valence-electron chi connectivity index (χ0n) is 13.4. The van der Waals surface area contributed by atoms with Crippen LogP contribution in [0.15, 0.2) is 18.5 Å². The van der Waals surface area contributed by atoms with E-state index in [9.17, 15) is 4.79 Å². The Balaban J connectivity index is 1.45. The fraction of sp³-hybridized carbons (Fsp3) is 0.500. The Hall–Kier alpha value is -2.44. The van der Waals surface area contributed by atoms with E-state index in [1.54, 1.807) is 6.33 Å². The van der Waals surface area contributed by atoms with Crippen LogP contribution in [0.5, 0.6) is 0 Å². The molecule has 2 aromatic heterocycles. The minimum atomic E-state index is 0.0719. The van der Waals surface area contributed by atoms with Crippen molar-refractivity contribution in [3.63, 3.8) is 0 Å². The van der Waals surface area contributed by atoms with Crippen molar-refractivity contribution in [1.29, 1.82) is 0 Å². The third-order valence-electron chi connectivity index (χ3n) is 4.36. The third-order valence-corrected chi connectivity index (χ3v) is 4.36. The lowest BCUT2D eigenvalue weighted by atomic mass is 9.99. The molecule has 7 nitrogen and oxygen atoms in total. The van der Waals surface area contributed by atoms with E-state index in [1.807, 2.05) is 30.7 Å². The van der Waals surface area contributed by atoms with Gasteiger partial charge in [0.15, 0.2) is 5.82 Å². The van der Waals surface area contributed by atoms with Crippen LogP contribution in [0.2, 0.25) is 0 Å². The fourth-order valence-electron chi connectivity index (χ4n) is 2.86. The third kappa shape index (κ3) is 2.78. The molecule has 0 bridgehead atoms. The first-order valence-corrected chi connectivity index (χ1v) is 8.01. The Bertz CT molecular complexity index is 745. The number of nitrogens with one attached hydrogen (secondary N) is 1. The summed E-state index contributed by atoms with van der Waals surface area (Å²) in [6, 6.07) is 4.37. The first-order valence-electron chi connectivity index (χ1n) is 8.01. The highest BCUT2D eigenvalue weighted by molar-refractivity contribution is 5.82. The number of aryl methyl sites for hydroxylation is 2. The van der Waals surface area contributed by atoms with Crippen molar-refractivity contribution in [3.8, 4) is 5.82 Å². The minimum absolute atomic E-state index is 0.0719. The number of amides is 1. The van der Waals surface area contributed by atoms with Crippen LogP contribution < -0.4 is 10.2 Å². The van der Waals surface area contributed by atoms with Crippen LogP contribution in [-0.4, -0.2) is 44.8 Å². The van der Waals surface area contributed by atoms with E-state index in [0.717, 1.165) is 35.9 Å². The highest BCUT2D eigenvalue weighted by Crippen LogP contribution is 2.26. The lowest BCUT2D eigenvalue weighted by molar-refractivity contribution is -0.125. The van der Waals surface area contributed by atoms with Gasteiger partial charge in [-0.05, 0) is 32.8 Å². The maximum Gasteiger partial charge on any atom is 0.226 e. The van der Waals surface area contributed by atoms with E-state index < -0.39 is 0 Å². The molecule has 4 rings (SSSR count).